The number of nitrogen functional groups attached to an aromatic ring is 1. The standard InChI is InChI=1S/C14H10ClN5O/c15-12-5-6-13(20-19-12)18-14(21)11-7-9(16)8-3-1-2-4-10(8)17-11/h1-7H,(H2,16,17)(H,18,20,21). The molecule has 0 fully saturated rings. The lowest BCUT2D eigenvalue weighted by molar-refractivity contribution is 0.102. The number of hydrogen-bond donors (Lipinski definition) is 2. The number of pyridine rings is 1. The van der Waals surface area contributed by atoms with Gasteiger partial charge in [-0.25, -0.2) is 4.98 Å². The first kappa shape index (κ1) is 13.3. The number of nitrogens with two attached hydrogens (primary N) is 1. The fourth-order valence-corrected chi connectivity index (χ4v) is 1.98. The molecule has 0 bridgehead atoms. The highest BCUT2D eigenvalue weighted by Gasteiger charge is 2.11. The largest absolute Gasteiger partial charge is 0.398 e. The Kier molecular flexibility index (Phi) is 3.37. The number of halogens is 1. The van der Waals surface area contributed by atoms with Gasteiger partial charge in [-0.1, -0.05) is 29.8 Å². The molecule has 0 aliphatic rings. The van der Waals surface area contributed by atoms with Crippen LogP contribution in [0.25, 0.3) is 10.9 Å². The number of hydrogen-bond acceptors (Lipinski definition) is 5. The summed E-state index contributed by atoms with van der Waals surface area (Å²) < 4.78 is 0. The van der Waals surface area contributed by atoms with E-state index in [9.17, 15) is 4.79 Å². The molecule has 3 rings (SSSR count). The van der Waals surface area contributed by atoms with Gasteiger partial charge in [-0.3, -0.25) is 4.79 Å². The number of nitrogens with zero attached hydrogens (tertiary/aromatic N) is 3. The molecule has 2 aromatic heterocycles. The van der Waals surface area contributed by atoms with Gasteiger partial charge in [-0.05, 0) is 24.3 Å². The van der Waals surface area contributed by atoms with Gasteiger partial charge in [0.1, 0.15) is 5.69 Å². The van der Waals surface area contributed by atoms with Gasteiger partial charge in [-0.15, -0.1) is 10.2 Å². The molecule has 7 heteroatoms. The van der Waals surface area contributed by atoms with Crippen molar-refractivity contribution in [3.05, 3.63) is 53.3 Å². The summed E-state index contributed by atoms with van der Waals surface area (Å²) in [4.78, 5) is 16.4. The Balaban J connectivity index is 1.92. The Labute approximate surface area is 125 Å². The van der Waals surface area contributed by atoms with Gasteiger partial charge in [0.05, 0.1) is 5.52 Å². The summed E-state index contributed by atoms with van der Waals surface area (Å²) >= 11 is 5.64. The highest BCUT2D eigenvalue weighted by molar-refractivity contribution is 6.29. The smallest absolute Gasteiger partial charge is 0.275 e. The molecular formula is C14H10ClN5O. The fraction of sp³-hybridized carbons (Fsp3) is 0. The van der Waals surface area contributed by atoms with Crippen LogP contribution in [0.5, 0.6) is 0 Å². The van der Waals surface area contributed by atoms with E-state index in [0.717, 1.165) is 5.39 Å². The van der Waals surface area contributed by atoms with Crippen LogP contribution in [0.15, 0.2) is 42.5 Å². The Morgan fingerprint density at radius 1 is 1.14 bits per heavy atom. The van der Waals surface area contributed by atoms with Crippen molar-refractivity contribution in [1.29, 1.82) is 0 Å². The first-order valence-electron chi connectivity index (χ1n) is 6.09. The number of para-hydroxylation sites is 1. The van der Waals surface area contributed by atoms with E-state index < -0.39 is 5.91 Å². The number of fused-ring (bicyclic) bond motifs is 1. The van der Waals surface area contributed by atoms with Crippen molar-refractivity contribution in [2.75, 3.05) is 11.1 Å². The van der Waals surface area contributed by atoms with Gasteiger partial charge in [0.2, 0.25) is 0 Å². The number of carbonyl (C=O) groups excluding carboxylic acids is 1. The molecule has 1 amide bonds. The minimum absolute atomic E-state index is 0.211. The lowest BCUT2D eigenvalue weighted by atomic mass is 10.1. The summed E-state index contributed by atoms with van der Waals surface area (Å²) in [5.41, 5.74) is 7.30. The van der Waals surface area contributed by atoms with Crippen LogP contribution in [0.1, 0.15) is 10.5 Å². The zero-order valence-corrected chi connectivity index (χ0v) is 11.5. The Morgan fingerprint density at radius 3 is 2.71 bits per heavy atom. The number of rotatable bonds is 2. The SMILES string of the molecule is Nc1cc(C(=O)Nc2ccc(Cl)nn2)nc2ccccc12. The maximum Gasteiger partial charge on any atom is 0.275 e. The van der Waals surface area contributed by atoms with E-state index in [-0.39, 0.29) is 16.7 Å². The van der Waals surface area contributed by atoms with Crippen LogP contribution in [0, 0.1) is 0 Å². The van der Waals surface area contributed by atoms with Crippen LogP contribution in [-0.4, -0.2) is 21.1 Å². The molecule has 104 valence electrons. The van der Waals surface area contributed by atoms with Crippen LogP contribution < -0.4 is 11.1 Å². The third-order valence-corrected chi connectivity index (χ3v) is 3.06. The van der Waals surface area contributed by atoms with Crippen molar-refractivity contribution in [2.24, 2.45) is 0 Å². The van der Waals surface area contributed by atoms with E-state index in [1.54, 1.807) is 12.1 Å². The van der Waals surface area contributed by atoms with Gasteiger partial charge in [-0.2, -0.15) is 0 Å². The molecule has 0 saturated carbocycles. The minimum atomic E-state index is -0.413. The molecule has 2 heterocycles. The average molecular weight is 300 g/mol. The van der Waals surface area contributed by atoms with Crippen LogP contribution >= 0.6 is 11.6 Å². The van der Waals surface area contributed by atoms with Crippen molar-refractivity contribution in [2.45, 2.75) is 0 Å². The lowest BCUT2D eigenvalue weighted by Gasteiger charge is -2.06. The van der Waals surface area contributed by atoms with Crippen molar-refractivity contribution in [1.82, 2.24) is 15.2 Å². The van der Waals surface area contributed by atoms with Crippen molar-refractivity contribution < 1.29 is 4.79 Å². The summed E-state index contributed by atoms with van der Waals surface area (Å²) in [7, 11) is 0. The van der Waals surface area contributed by atoms with Gasteiger partial charge in [0.15, 0.2) is 11.0 Å². The molecule has 0 radical (unpaired) electrons. The van der Waals surface area contributed by atoms with Gasteiger partial charge < -0.3 is 11.1 Å². The third kappa shape index (κ3) is 2.75. The first-order valence-corrected chi connectivity index (χ1v) is 6.47. The molecule has 1 aromatic carbocycles. The van der Waals surface area contributed by atoms with E-state index in [1.807, 2.05) is 18.2 Å². The third-order valence-electron chi connectivity index (χ3n) is 2.85. The minimum Gasteiger partial charge on any atom is -0.398 e. The Bertz CT molecular complexity index is 819. The predicted octanol–water partition coefficient (Wildman–Crippen LogP) is 2.51. The number of benzene rings is 1. The summed E-state index contributed by atoms with van der Waals surface area (Å²) in [5.74, 6) is -0.123. The second kappa shape index (κ2) is 5.34. The molecule has 0 spiro atoms. The number of amides is 1. The Morgan fingerprint density at radius 2 is 1.95 bits per heavy atom. The lowest BCUT2D eigenvalue weighted by Crippen LogP contribution is -2.15. The molecule has 3 aromatic rings. The maximum absolute atomic E-state index is 12.2. The highest BCUT2D eigenvalue weighted by Crippen LogP contribution is 2.20. The normalized spacial score (nSPS) is 10.5. The number of aromatic nitrogens is 3. The molecular weight excluding hydrogens is 290 g/mol. The van der Waals surface area contributed by atoms with E-state index in [0.29, 0.717) is 11.2 Å². The van der Waals surface area contributed by atoms with Gasteiger partial charge in [0.25, 0.3) is 5.91 Å². The number of anilines is 2. The first-order chi connectivity index (χ1) is 10.1. The van der Waals surface area contributed by atoms with Crippen LogP contribution in [0.3, 0.4) is 0 Å². The van der Waals surface area contributed by atoms with Crippen LogP contribution in [0.4, 0.5) is 11.5 Å². The zero-order valence-electron chi connectivity index (χ0n) is 10.7. The second-order valence-electron chi connectivity index (χ2n) is 4.31. The maximum atomic E-state index is 12.2. The summed E-state index contributed by atoms with van der Waals surface area (Å²) in [5, 5.41) is 11.0. The summed E-state index contributed by atoms with van der Waals surface area (Å²) in [6.45, 7) is 0. The van der Waals surface area contributed by atoms with Gasteiger partial charge in [0, 0.05) is 11.1 Å². The Hall–Kier alpha value is -2.73. The molecule has 3 N–H and O–H groups in total. The van der Waals surface area contributed by atoms with Crippen molar-refractivity contribution in [3.8, 4) is 0 Å². The molecule has 0 aliphatic carbocycles. The predicted molar refractivity (Wildman–Crippen MR) is 81.2 cm³/mol. The van der Waals surface area contributed by atoms with Crippen molar-refractivity contribution >= 4 is 39.9 Å². The second-order valence-corrected chi connectivity index (χ2v) is 4.70. The molecule has 0 saturated heterocycles. The van der Waals surface area contributed by atoms with E-state index in [4.69, 9.17) is 17.3 Å². The fourth-order valence-electron chi connectivity index (χ4n) is 1.88. The zero-order chi connectivity index (χ0) is 14.8. The molecule has 0 atom stereocenters. The van der Waals surface area contributed by atoms with E-state index >= 15 is 0 Å². The molecule has 6 nitrogen and oxygen atoms in total. The van der Waals surface area contributed by atoms with Crippen molar-refractivity contribution in [3.63, 3.8) is 0 Å². The quantitative estimate of drug-likeness (QED) is 0.758. The summed E-state index contributed by atoms with van der Waals surface area (Å²) in [6.07, 6.45) is 0. The van der Waals surface area contributed by atoms with Gasteiger partial charge >= 0.3 is 0 Å². The molecule has 0 unspecified atom stereocenters. The average Bonchev–Trinajstić information content (AvgIpc) is 2.49. The highest BCUT2D eigenvalue weighted by atomic mass is 35.5. The van der Waals surface area contributed by atoms with E-state index in [2.05, 4.69) is 20.5 Å². The molecule has 0 aliphatic heterocycles. The topological polar surface area (TPSA) is 93.8 Å². The van der Waals surface area contributed by atoms with E-state index in [1.165, 1.54) is 12.1 Å². The van der Waals surface area contributed by atoms with Crippen LogP contribution in [-0.2, 0) is 0 Å². The number of nitrogens with one attached hydrogen (secondary N) is 1. The molecule has 21 heavy (non-hydrogen) atoms. The summed E-state index contributed by atoms with van der Waals surface area (Å²) in [6, 6.07) is 12.0. The number of carbonyl (C=O) groups is 1. The van der Waals surface area contributed by atoms with Crippen LogP contribution in [0.2, 0.25) is 5.15 Å². The monoisotopic (exact) mass is 299 g/mol.